The third-order valence-corrected chi connectivity index (χ3v) is 5.08. The maximum absolute atomic E-state index is 11.1. The van der Waals surface area contributed by atoms with Crippen LogP contribution in [0.5, 0.6) is 5.75 Å². The Morgan fingerprint density at radius 2 is 1.88 bits per heavy atom. The summed E-state index contributed by atoms with van der Waals surface area (Å²) in [5.74, 6) is 0.191. The maximum atomic E-state index is 11.1. The molecule has 0 fully saturated rings. The van der Waals surface area contributed by atoms with Crippen molar-refractivity contribution in [3.63, 3.8) is 0 Å². The van der Waals surface area contributed by atoms with E-state index in [-0.39, 0.29) is 0 Å². The lowest BCUT2D eigenvalue weighted by molar-refractivity contribution is -0.147. The third kappa shape index (κ3) is 6.00. The summed E-state index contributed by atoms with van der Waals surface area (Å²) in [6.45, 7) is 4.21. The monoisotopic (exact) mass is 346 g/mol. The summed E-state index contributed by atoms with van der Waals surface area (Å²) in [5.41, 5.74) is 0.692. The molecule has 0 aliphatic rings. The molecule has 2 aromatic rings. The molecule has 0 saturated heterocycles. The summed E-state index contributed by atoms with van der Waals surface area (Å²) in [7, 11) is 0. The van der Waals surface area contributed by atoms with Crippen LogP contribution in [0.1, 0.15) is 50.0 Å². The standard InChI is InChI=1S/C20H26O3S/c1-20(2,19(21)22)13-5-3-4-7-16-9-11-17(12-10-16)23-15-18-8-6-14-24-18/h6,8-12,14H,3-5,7,13,15H2,1-2H3,(H,21,22). The molecule has 0 aliphatic carbocycles. The first-order valence-corrected chi connectivity index (χ1v) is 9.33. The molecule has 2 rings (SSSR count). The van der Waals surface area contributed by atoms with E-state index in [1.54, 1.807) is 25.2 Å². The molecule has 1 heterocycles. The van der Waals surface area contributed by atoms with Crippen molar-refractivity contribution in [2.75, 3.05) is 0 Å². The van der Waals surface area contributed by atoms with Gasteiger partial charge in [0.1, 0.15) is 12.4 Å². The number of benzene rings is 1. The molecular weight excluding hydrogens is 320 g/mol. The maximum Gasteiger partial charge on any atom is 0.309 e. The molecule has 0 atom stereocenters. The molecule has 1 aromatic heterocycles. The highest BCUT2D eigenvalue weighted by molar-refractivity contribution is 7.09. The van der Waals surface area contributed by atoms with E-state index >= 15 is 0 Å². The predicted molar refractivity (Wildman–Crippen MR) is 98.7 cm³/mol. The summed E-state index contributed by atoms with van der Waals surface area (Å²) in [6.07, 6.45) is 4.87. The van der Waals surface area contributed by atoms with Gasteiger partial charge < -0.3 is 9.84 Å². The second kappa shape index (κ2) is 8.88. The SMILES string of the molecule is CC(C)(CCCCCc1ccc(OCc2cccs2)cc1)C(=O)O. The minimum Gasteiger partial charge on any atom is -0.488 e. The highest BCUT2D eigenvalue weighted by Gasteiger charge is 2.25. The Morgan fingerprint density at radius 1 is 1.12 bits per heavy atom. The molecule has 0 saturated carbocycles. The first-order valence-electron chi connectivity index (χ1n) is 8.45. The van der Waals surface area contributed by atoms with Gasteiger partial charge in [0.05, 0.1) is 5.41 Å². The van der Waals surface area contributed by atoms with Gasteiger partial charge in [-0.15, -0.1) is 11.3 Å². The average molecular weight is 346 g/mol. The first kappa shape index (κ1) is 18.5. The second-order valence-corrected chi connectivity index (χ2v) is 7.79. The number of thiophene rings is 1. The Labute approximate surface area is 148 Å². The first-order chi connectivity index (χ1) is 11.5. The van der Waals surface area contributed by atoms with Crippen molar-refractivity contribution in [3.8, 4) is 5.75 Å². The topological polar surface area (TPSA) is 46.5 Å². The number of rotatable bonds is 10. The fourth-order valence-corrected chi connectivity index (χ4v) is 3.10. The van der Waals surface area contributed by atoms with Gasteiger partial charge in [-0.3, -0.25) is 4.79 Å². The van der Waals surface area contributed by atoms with Crippen LogP contribution in [0.25, 0.3) is 0 Å². The zero-order chi connectivity index (χ0) is 17.4. The quantitative estimate of drug-likeness (QED) is 0.574. The van der Waals surface area contributed by atoms with E-state index in [0.29, 0.717) is 6.61 Å². The largest absolute Gasteiger partial charge is 0.488 e. The molecule has 3 nitrogen and oxygen atoms in total. The van der Waals surface area contributed by atoms with Gasteiger partial charge in [0.15, 0.2) is 0 Å². The van der Waals surface area contributed by atoms with Crippen molar-refractivity contribution in [2.24, 2.45) is 5.41 Å². The van der Waals surface area contributed by atoms with Gasteiger partial charge in [-0.05, 0) is 62.3 Å². The number of hydrogen-bond acceptors (Lipinski definition) is 3. The third-order valence-electron chi connectivity index (χ3n) is 4.23. The fourth-order valence-electron chi connectivity index (χ4n) is 2.48. The minimum absolute atomic E-state index is 0.610. The van der Waals surface area contributed by atoms with Crippen molar-refractivity contribution in [1.82, 2.24) is 0 Å². The molecule has 0 radical (unpaired) electrons. The van der Waals surface area contributed by atoms with Gasteiger partial charge in [-0.25, -0.2) is 0 Å². The van der Waals surface area contributed by atoms with E-state index in [1.807, 2.05) is 18.2 Å². The molecule has 0 spiro atoms. The summed E-state index contributed by atoms with van der Waals surface area (Å²) < 4.78 is 5.76. The van der Waals surface area contributed by atoms with Crippen molar-refractivity contribution >= 4 is 17.3 Å². The Bertz CT molecular complexity index is 615. The lowest BCUT2D eigenvalue weighted by Gasteiger charge is -2.18. The van der Waals surface area contributed by atoms with Crippen LogP contribution in [0.4, 0.5) is 0 Å². The Kier molecular flexibility index (Phi) is 6.85. The van der Waals surface area contributed by atoms with Gasteiger partial charge in [0.2, 0.25) is 0 Å². The molecule has 1 aromatic carbocycles. The molecule has 0 unspecified atom stereocenters. The van der Waals surface area contributed by atoms with Crippen LogP contribution >= 0.6 is 11.3 Å². The zero-order valence-corrected chi connectivity index (χ0v) is 15.3. The summed E-state index contributed by atoms with van der Waals surface area (Å²) >= 11 is 1.70. The summed E-state index contributed by atoms with van der Waals surface area (Å²) in [5, 5.41) is 11.1. The van der Waals surface area contributed by atoms with Crippen LogP contribution < -0.4 is 4.74 Å². The van der Waals surface area contributed by atoms with Crippen molar-refractivity contribution in [2.45, 2.75) is 52.6 Å². The Hall–Kier alpha value is -1.81. The van der Waals surface area contributed by atoms with Crippen molar-refractivity contribution < 1.29 is 14.6 Å². The zero-order valence-electron chi connectivity index (χ0n) is 14.5. The van der Waals surface area contributed by atoms with Gasteiger partial charge >= 0.3 is 5.97 Å². The van der Waals surface area contributed by atoms with E-state index in [1.165, 1.54) is 10.4 Å². The summed E-state index contributed by atoms with van der Waals surface area (Å²) in [6, 6.07) is 12.4. The highest BCUT2D eigenvalue weighted by Crippen LogP contribution is 2.24. The average Bonchev–Trinajstić information content (AvgIpc) is 3.07. The van der Waals surface area contributed by atoms with Crippen LogP contribution in [0.2, 0.25) is 0 Å². The molecule has 130 valence electrons. The van der Waals surface area contributed by atoms with E-state index < -0.39 is 11.4 Å². The molecule has 24 heavy (non-hydrogen) atoms. The van der Waals surface area contributed by atoms with E-state index in [0.717, 1.165) is 37.9 Å². The number of carboxylic acids is 1. The second-order valence-electron chi connectivity index (χ2n) is 6.76. The van der Waals surface area contributed by atoms with Crippen LogP contribution in [0.3, 0.4) is 0 Å². The smallest absolute Gasteiger partial charge is 0.309 e. The number of carboxylic acid groups (broad SMARTS) is 1. The number of unbranched alkanes of at least 4 members (excludes halogenated alkanes) is 2. The van der Waals surface area contributed by atoms with Crippen LogP contribution in [-0.2, 0) is 17.8 Å². The molecule has 4 heteroatoms. The minimum atomic E-state index is -0.708. The lowest BCUT2D eigenvalue weighted by atomic mass is 9.87. The van der Waals surface area contributed by atoms with Crippen LogP contribution in [0, 0.1) is 5.41 Å². The number of hydrogen-bond donors (Lipinski definition) is 1. The molecule has 0 amide bonds. The van der Waals surface area contributed by atoms with E-state index in [9.17, 15) is 4.79 Å². The Balaban J connectivity index is 1.66. The number of ether oxygens (including phenoxy) is 1. The van der Waals surface area contributed by atoms with Gasteiger partial charge in [0, 0.05) is 4.88 Å². The highest BCUT2D eigenvalue weighted by atomic mass is 32.1. The predicted octanol–water partition coefficient (Wildman–Crippen LogP) is 5.54. The van der Waals surface area contributed by atoms with Crippen LogP contribution in [-0.4, -0.2) is 11.1 Å². The van der Waals surface area contributed by atoms with Gasteiger partial charge in [0.25, 0.3) is 0 Å². The van der Waals surface area contributed by atoms with Crippen molar-refractivity contribution in [1.29, 1.82) is 0 Å². The number of aryl methyl sites for hydroxylation is 1. The van der Waals surface area contributed by atoms with E-state index in [2.05, 4.69) is 23.6 Å². The molecular formula is C20H26O3S. The molecule has 1 N–H and O–H groups in total. The molecule has 0 aliphatic heterocycles. The normalized spacial score (nSPS) is 11.4. The van der Waals surface area contributed by atoms with Crippen LogP contribution in [0.15, 0.2) is 41.8 Å². The number of carbonyl (C=O) groups is 1. The van der Waals surface area contributed by atoms with Crippen molar-refractivity contribution in [3.05, 3.63) is 52.2 Å². The van der Waals surface area contributed by atoms with Gasteiger partial charge in [-0.2, -0.15) is 0 Å². The lowest BCUT2D eigenvalue weighted by Crippen LogP contribution is -2.23. The molecule has 0 bridgehead atoms. The van der Waals surface area contributed by atoms with E-state index in [4.69, 9.17) is 9.84 Å². The van der Waals surface area contributed by atoms with Gasteiger partial charge in [-0.1, -0.05) is 31.0 Å². The Morgan fingerprint density at radius 3 is 2.50 bits per heavy atom. The fraction of sp³-hybridized carbons (Fsp3) is 0.450. The summed E-state index contributed by atoms with van der Waals surface area (Å²) in [4.78, 5) is 12.3. The number of aliphatic carboxylic acids is 1.